The Morgan fingerprint density at radius 2 is 2.07 bits per heavy atom. The average Bonchev–Trinajstić information content (AvgIpc) is 3.31. The van der Waals surface area contributed by atoms with Gasteiger partial charge in [0.25, 0.3) is 0 Å². The molecule has 0 bridgehead atoms. The van der Waals surface area contributed by atoms with E-state index in [9.17, 15) is 0 Å². The molecule has 0 radical (unpaired) electrons. The van der Waals surface area contributed by atoms with Gasteiger partial charge < -0.3 is 15.0 Å². The molecule has 28 heavy (non-hydrogen) atoms. The van der Waals surface area contributed by atoms with Crippen LogP contribution in [-0.4, -0.2) is 43.2 Å². The highest BCUT2D eigenvalue weighted by molar-refractivity contribution is 5.86. The van der Waals surface area contributed by atoms with E-state index in [1.165, 1.54) is 27.7 Å². The summed E-state index contributed by atoms with van der Waals surface area (Å²) in [5.41, 5.74) is 5.38. The number of hydrogen-bond donors (Lipinski definition) is 2. The lowest BCUT2D eigenvalue weighted by Gasteiger charge is -2.35. The first-order chi connectivity index (χ1) is 13.8. The van der Waals surface area contributed by atoms with Gasteiger partial charge in [-0.05, 0) is 42.2 Å². The van der Waals surface area contributed by atoms with Gasteiger partial charge in [0, 0.05) is 42.8 Å². The minimum atomic E-state index is 0.0421. The van der Waals surface area contributed by atoms with Gasteiger partial charge in [0.15, 0.2) is 0 Å². The van der Waals surface area contributed by atoms with Gasteiger partial charge in [-0.2, -0.15) is 0 Å². The van der Waals surface area contributed by atoms with Crippen molar-refractivity contribution in [1.82, 2.24) is 15.2 Å². The van der Waals surface area contributed by atoms with Crippen LogP contribution in [0.25, 0.3) is 17.0 Å². The third kappa shape index (κ3) is 3.03. The molecule has 1 atom stereocenters. The van der Waals surface area contributed by atoms with Gasteiger partial charge in [0.1, 0.15) is 5.75 Å². The Kier molecular flexibility index (Phi) is 4.46. The van der Waals surface area contributed by atoms with Crippen LogP contribution in [0.1, 0.15) is 23.2 Å². The van der Waals surface area contributed by atoms with Crippen molar-refractivity contribution in [3.8, 4) is 5.75 Å². The Balaban J connectivity index is 1.38. The number of benzene rings is 2. The Labute approximate surface area is 166 Å². The summed E-state index contributed by atoms with van der Waals surface area (Å²) in [4.78, 5) is 6.29. The third-order valence-electron chi connectivity index (χ3n) is 6.25. The monoisotopic (exact) mass is 373 g/mol. The van der Waals surface area contributed by atoms with E-state index in [-0.39, 0.29) is 5.54 Å². The van der Waals surface area contributed by atoms with E-state index in [0.29, 0.717) is 0 Å². The second-order valence-corrected chi connectivity index (χ2v) is 7.95. The number of nitrogens with zero attached hydrogens (tertiary/aromatic N) is 1. The Hall–Kier alpha value is -2.56. The molecule has 0 amide bonds. The number of ether oxygens (including phenoxy) is 1. The molecule has 1 unspecified atom stereocenters. The molecule has 3 heterocycles. The molecule has 4 heteroatoms. The number of rotatable bonds is 4. The molecule has 4 nitrogen and oxygen atoms in total. The lowest BCUT2D eigenvalue weighted by Crippen LogP contribution is -2.49. The molecule has 5 rings (SSSR count). The lowest BCUT2D eigenvalue weighted by molar-refractivity contribution is 0.286. The van der Waals surface area contributed by atoms with Crippen LogP contribution in [0.5, 0.6) is 5.75 Å². The Morgan fingerprint density at radius 3 is 2.93 bits per heavy atom. The SMILES string of the molecule is COc1ccc2[nH]c3c(c2c1)CCNC31CCN(CC=Cc2ccccc2)C1. The van der Waals surface area contributed by atoms with Crippen molar-refractivity contribution in [2.24, 2.45) is 0 Å². The second kappa shape index (κ2) is 7.12. The molecule has 144 valence electrons. The molecule has 2 aromatic carbocycles. The van der Waals surface area contributed by atoms with Crippen molar-refractivity contribution in [2.75, 3.05) is 33.3 Å². The zero-order chi connectivity index (χ0) is 19.0. The minimum absolute atomic E-state index is 0.0421. The summed E-state index contributed by atoms with van der Waals surface area (Å²) in [6.07, 6.45) is 6.72. The molecule has 3 aromatic rings. The summed E-state index contributed by atoms with van der Waals surface area (Å²) in [6.45, 7) is 4.18. The minimum Gasteiger partial charge on any atom is -0.497 e. The van der Waals surface area contributed by atoms with Gasteiger partial charge in [-0.3, -0.25) is 4.90 Å². The van der Waals surface area contributed by atoms with E-state index < -0.39 is 0 Å². The fraction of sp³-hybridized carbons (Fsp3) is 0.333. The van der Waals surface area contributed by atoms with Crippen molar-refractivity contribution in [1.29, 1.82) is 0 Å². The first-order valence-electron chi connectivity index (χ1n) is 10.2. The maximum Gasteiger partial charge on any atom is 0.119 e. The standard InChI is InChI=1S/C24H27N3O/c1-28-19-9-10-22-21(16-19)20-11-13-25-24(23(20)26-22)12-15-27(17-24)14-5-8-18-6-3-2-4-7-18/h2-10,16,25-26H,11-15,17H2,1H3. The number of aromatic nitrogens is 1. The van der Waals surface area contributed by atoms with Gasteiger partial charge >= 0.3 is 0 Å². The van der Waals surface area contributed by atoms with Crippen molar-refractivity contribution < 1.29 is 4.74 Å². The molecule has 2 N–H and O–H groups in total. The van der Waals surface area contributed by atoms with E-state index in [2.05, 4.69) is 69.8 Å². The summed E-state index contributed by atoms with van der Waals surface area (Å²) < 4.78 is 5.45. The van der Waals surface area contributed by atoms with Crippen LogP contribution in [0.2, 0.25) is 0 Å². The van der Waals surface area contributed by atoms with Crippen LogP contribution in [0.4, 0.5) is 0 Å². The lowest BCUT2D eigenvalue weighted by atomic mass is 9.86. The highest BCUT2D eigenvalue weighted by Gasteiger charge is 2.43. The summed E-state index contributed by atoms with van der Waals surface area (Å²) >= 11 is 0. The van der Waals surface area contributed by atoms with E-state index in [1.807, 2.05) is 6.07 Å². The zero-order valence-electron chi connectivity index (χ0n) is 16.4. The van der Waals surface area contributed by atoms with Crippen LogP contribution in [0, 0.1) is 0 Å². The maximum atomic E-state index is 5.45. The first kappa shape index (κ1) is 17.5. The third-order valence-corrected chi connectivity index (χ3v) is 6.25. The Bertz CT molecular complexity index is 1010. The fourth-order valence-corrected chi connectivity index (χ4v) is 4.83. The van der Waals surface area contributed by atoms with Gasteiger partial charge in [0.05, 0.1) is 12.6 Å². The van der Waals surface area contributed by atoms with Gasteiger partial charge in [-0.15, -0.1) is 0 Å². The number of H-pyrrole nitrogens is 1. The smallest absolute Gasteiger partial charge is 0.119 e. The van der Waals surface area contributed by atoms with Crippen molar-refractivity contribution in [3.63, 3.8) is 0 Å². The molecular weight excluding hydrogens is 346 g/mol. The molecule has 0 aliphatic carbocycles. The van der Waals surface area contributed by atoms with Crippen LogP contribution in [0.3, 0.4) is 0 Å². The summed E-state index contributed by atoms with van der Waals surface area (Å²) in [7, 11) is 1.74. The van der Waals surface area contributed by atoms with Crippen LogP contribution in [0.15, 0.2) is 54.6 Å². The predicted molar refractivity (Wildman–Crippen MR) is 115 cm³/mol. The molecule has 2 aliphatic rings. The molecular formula is C24H27N3O. The van der Waals surface area contributed by atoms with Gasteiger partial charge in [0.2, 0.25) is 0 Å². The first-order valence-corrected chi connectivity index (χ1v) is 10.2. The van der Waals surface area contributed by atoms with Crippen molar-refractivity contribution in [2.45, 2.75) is 18.4 Å². The number of aromatic amines is 1. The van der Waals surface area contributed by atoms with E-state index in [4.69, 9.17) is 4.74 Å². The molecule has 0 saturated carbocycles. The van der Waals surface area contributed by atoms with Crippen LogP contribution >= 0.6 is 0 Å². The molecule has 1 spiro atoms. The van der Waals surface area contributed by atoms with Crippen molar-refractivity contribution in [3.05, 3.63) is 71.4 Å². The van der Waals surface area contributed by atoms with E-state index >= 15 is 0 Å². The summed E-state index contributed by atoms with van der Waals surface area (Å²) in [5.74, 6) is 0.931. The number of methoxy groups -OCH3 is 1. The van der Waals surface area contributed by atoms with E-state index in [1.54, 1.807) is 7.11 Å². The number of nitrogens with one attached hydrogen (secondary N) is 2. The Morgan fingerprint density at radius 1 is 1.18 bits per heavy atom. The normalized spacial score (nSPS) is 22.3. The highest BCUT2D eigenvalue weighted by atomic mass is 16.5. The number of hydrogen-bond acceptors (Lipinski definition) is 3. The predicted octanol–water partition coefficient (Wildman–Crippen LogP) is 3.94. The summed E-state index contributed by atoms with van der Waals surface area (Å²) in [5, 5.41) is 5.17. The molecule has 2 aliphatic heterocycles. The topological polar surface area (TPSA) is 40.3 Å². The molecule has 1 fully saturated rings. The quantitative estimate of drug-likeness (QED) is 0.728. The average molecular weight is 374 g/mol. The molecule has 1 saturated heterocycles. The highest BCUT2D eigenvalue weighted by Crippen LogP contribution is 2.40. The van der Waals surface area contributed by atoms with Crippen molar-refractivity contribution >= 4 is 17.0 Å². The number of fused-ring (bicyclic) bond motifs is 4. The summed E-state index contributed by atoms with van der Waals surface area (Å²) in [6, 6.07) is 16.9. The number of likely N-dealkylation sites (tertiary alicyclic amines) is 1. The van der Waals surface area contributed by atoms with Crippen LogP contribution in [-0.2, 0) is 12.0 Å². The van der Waals surface area contributed by atoms with Gasteiger partial charge in [-0.1, -0.05) is 42.5 Å². The van der Waals surface area contributed by atoms with Crippen LogP contribution < -0.4 is 10.1 Å². The van der Waals surface area contributed by atoms with Gasteiger partial charge in [-0.25, -0.2) is 0 Å². The molecule has 1 aromatic heterocycles. The fourth-order valence-electron chi connectivity index (χ4n) is 4.83. The second-order valence-electron chi connectivity index (χ2n) is 7.95. The maximum absolute atomic E-state index is 5.45. The largest absolute Gasteiger partial charge is 0.497 e. The van der Waals surface area contributed by atoms with E-state index in [0.717, 1.165) is 44.8 Å². The zero-order valence-corrected chi connectivity index (χ0v) is 16.4.